The fraction of sp³-hybridized carbons (Fsp3) is 0. The Kier molecular flexibility index (Phi) is 1.90. The molecule has 3 nitrogen and oxygen atoms in total. The fourth-order valence-corrected chi connectivity index (χ4v) is 1.83. The Balaban J connectivity index is 2.44. The van der Waals surface area contributed by atoms with Crippen LogP contribution in [0.2, 0.25) is 0 Å². The van der Waals surface area contributed by atoms with E-state index < -0.39 is 0 Å². The Morgan fingerprint density at radius 1 is 1.06 bits per heavy atom. The molecule has 0 saturated heterocycles. The van der Waals surface area contributed by atoms with Crippen LogP contribution >= 0.6 is 0 Å². The number of aromatic amines is 1. The summed E-state index contributed by atoms with van der Waals surface area (Å²) in [5.74, 6) is 0.675. The highest BCUT2D eigenvalue weighted by molar-refractivity contribution is 5.93. The molecular weight excluding hydrogens is 202 g/mol. The van der Waals surface area contributed by atoms with E-state index in [1.165, 1.54) is 0 Å². The van der Waals surface area contributed by atoms with Crippen molar-refractivity contribution in [3.63, 3.8) is 0 Å². The molecule has 2 heterocycles. The monoisotopic (exact) mass is 211 g/mol. The summed E-state index contributed by atoms with van der Waals surface area (Å²) < 4.78 is 5.31. The summed E-state index contributed by atoms with van der Waals surface area (Å²) in [5.41, 5.74) is 0.609. The molecule has 0 spiro atoms. The molecule has 0 unspecified atom stereocenters. The van der Waals surface area contributed by atoms with Gasteiger partial charge in [-0.15, -0.1) is 0 Å². The molecule has 0 aliphatic carbocycles. The molecule has 3 aromatic rings. The number of H-pyrrole nitrogens is 1. The first-order valence-electron chi connectivity index (χ1n) is 5.00. The van der Waals surface area contributed by atoms with Crippen molar-refractivity contribution in [1.82, 2.24) is 4.98 Å². The quantitative estimate of drug-likeness (QED) is 0.672. The molecule has 3 heteroatoms. The molecule has 0 saturated carbocycles. The number of hydrogen-bond acceptors (Lipinski definition) is 2. The third kappa shape index (κ3) is 1.34. The molecule has 0 amide bonds. The summed E-state index contributed by atoms with van der Waals surface area (Å²) in [6, 6.07) is 12.9. The van der Waals surface area contributed by atoms with Gasteiger partial charge in [0.15, 0.2) is 5.76 Å². The largest absolute Gasteiger partial charge is 0.463 e. The molecular formula is C13H9NO2. The highest BCUT2D eigenvalue weighted by Crippen LogP contribution is 2.24. The van der Waals surface area contributed by atoms with E-state index in [-0.39, 0.29) is 5.56 Å². The zero-order chi connectivity index (χ0) is 11.0. The van der Waals surface area contributed by atoms with Crippen LogP contribution in [0, 0.1) is 0 Å². The minimum absolute atomic E-state index is 0.120. The summed E-state index contributed by atoms with van der Waals surface area (Å²) in [6.07, 6.45) is 1.59. The van der Waals surface area contributed by atoms with E-state index in [4.69, 9.17) is 4.42 Å². The number of rotatable bonds is 1. The van der Waals surface area contributed by atoms with Crippen LogP contribution in [0.15, 0.2) is 57.9 Å². The van der Waals surface area contributed by atoms with Gasteiger partial charge in [-0.1, -0.05) is 24.3 Å². The first kappa shape index (κ1) is 8.97. The van der Waals surface area contributed by atoms with Gasteiger partial charge in [-0.3, -0.25) is 4.79 Å². The Morgan fingerprint density at radius 3 is 2.75 bits per heavy atom. The molecule has 0 fully saturated rings. The normalized spacial score (nSPS) is 10.8. The van der Waals surface area contributed by atoms with Gasteiger partial charge in [-0.2, -0.15) is 0 Å². The summed E-state index contributed by atoms with van der Waals surface area (Å²) in [7, 11) is 0. The highest BCUT2D eigenvalue weighted by Gasteiger charge is 2.07. The van der Waals surface area contributed by atoms with Gasteiger partial charge >= 0.3 is 0 Å². The van der Waals surface area contributed by atoms with E-state index in [0.29, 0.717) is 5.76 Å². The van der Waals surface area contributed by atoms with Crippen LogP contribution < -0.4 is 5.56 Å². The second-order valence-electron chi connectivity index (χ2n) is 3.57. The molecule has 0 atom stereocenters. The van der Waals surface area contributed by atoms with E-state index >= 15 is 0 Å². The maximum Gasteiger partial charge on any atom is 0.249 e. The second-order valence-corrected chi connectivity index (χ2v) is 3.57. The van der Waals surface area contributed by atoms with Crippen molar-refractivity contribution in [3.05, 3.63) is 59.1 Å². The number of furan rings is 1. The van der Waals surface area contributed by atoms with Gasteiger partial charge in [0.2, 0.25) is 5.56 Å². The van der Waals surface area contributed by atoms with Crippen molar-refractivity contribution >= 4 is 10.8 Å². The zero-order valence-corrected chi connectivity index (χ0v) is 8.44. The van der Waals surface area contributed by atoms with Crippen LogP contribution in [-0.2, 0) is 0 Å². The second kappa shape index (κ2) is 3.38. The number of hydrogen-bond donors (Lipinski definition) is 1. The summed E-state index contributed by atoms with van der Waals surface area (Å²) in [4.78, 5) is 14.3. The third-order valence-corrected chi connectivity index (χ3v) is 2.53. The Bertz CT molecular complexity index is 680. The molecule has 0 aliphatic rings. The Labute approximate surface area is 91.3 Å². The fourth-order valence-electron chi connectivity index (χ4n) is 1.83. The number of pyridine rings is 1. The molecule has 1 aromatic carbocycles. The molecule has 78 valence electrons. The predicted octanol–water partition coefficient (Wildman–Crippen LogP) is 2.79. The first-order chi connectivity index (χ1) is 7.84. The number of aromatic nitrogens is 1. The van der Waals surface area contributed by atoms with Gasteiger partial charge < -0.3 is 9.40 Å². The number of fused-ring (bicyclic) bond motifs is 1. The van der Waals surface area contributed by atoms with Crippen LogP contribution in [0.3, 0.4) is 0 Å². The predicted molar refractivity (Wildman–Crippen MR) is 62.3 cm³/mol. The smallest absolute Gasteiger partial charge is 0.249 e. The lowest BCUT2D eigenvalue weighted by atomic mass is 10.1. The summed E-state index contributed by atoms with van der Waals surface area (Å²) >= 11 is 0. The van der Waals surface area contributed by atoms with E-state index in [9.17, 15) is 4.79 Å². The maximum atomic E-state index is 11.5. The van der Waals surface area contributed by atoms with Crippen LogP contribution in [0.1, 0.15) is 0 Å². The highest BCUT2D eigenvalue weighted by atomic mass is 16.3. The van der Waals surface area contributed by atoms with Crippen LogP contribution in [0.5, 0.6) is 0 Å². The number of nitrogens with one attached hydrogen (secondary N) is 1. The molecule has 16 heavy (non-hydrogen) atoms. The Hall–Kier alpha value is -2.29. The van der Waals surface area contributed by atoms with Gasteiger partial charge in [-0.05, 0) is 17.5 Å². The SMILES string of the molecule is O=c1cc2ccccc2c(-c2ccco2)[nH]1. The average Bonchev–Trinajstić information content (AvgIpc) is 2.81. The number of benzene rings is 1. The molecule has 1 N–H and O–H groups in total. The van der Waals surface area contributed by atoms with Gasteiger partial charge in [0.05, 0.1) is 12.0 Å². The molecule has 0 aliphatic heterocycles. The van der Waals surface area contributed by atoms with Crippen molar-refractivity contribution in [2.75, 3.05) is 0 Å². The van der Waals surface area contributed by atoms with Crippen LogP contribution in [-0.4, -0.2) is 4.98 Å². The van der Waals surface area contributed by atoms with E-state index in [2.05, 4.69) is 4.98 Å². The maximum absolute atomic E-state index is 11.5. The topological polar surface area (TPSA) is 46.0 Å². The van der Waals surface area contributed by atoms with Gasteiger partial charge in [0, 0.05) is 11.5 Å². The van der Waals surface area contributed by atoms with Crippen molar-refractivity contribution in [3.8, 4) is 11.5 Å². The molecule has 0 radical (unpaired) electrons. The first-order valence-corrected chi connectivity index (χ1v) is 5.00. The van der Waals surface area contributed by atoms with Gasteiger partial charge in [0.25, 0.3) is 0 Å². The average molecular weight is 211 g/mol. The third-order valence-electron chi connectivity index (χ3n) is 2.53. The molecule has 3 rings (SSSR count). The molecule has 0 bridgehead atoms. The van der Waals surface area contributed by atoms with Gasteiger partial charge in [0.1, 0.15) is 0 Å². The van der Waals surface area contributed by atoms with E-state index in [0.717, 1.165) is 16.5 Å². The standard InChI is InChI=1S/C13H9NO2/c15-12-8-9-4-1-2-5-10(9)13(14-12)11-6-3-7-16-11/h1-8H,(H,14,15). The summed E-state index contributed by atoms with van der Waals surface area (Å²) in [5, 5.41) is 1.90. The van der Waals surface area contributed by atoms with Crippen molar-refractivity contribution in [1.29, 1.82) is 0 Å². The Morgan fingerprint density at radius 2 is 1.94 bits per heavy atom. The van der Waals surface area contributed by atoms with Crippen LogP contribution in [0.4, 0.5) is 0 Å². The minimum Gasteiger partial charge on any atom is -0.463 e. The lowest BCUT2D eigenvalue weighted by Crippen LogP contribution is -2.04. The summed E-state index contributed by atoms with van der Waals surface area (Å²) in [6.45, 7) is 0. The zero-order valence-electron chi connectivity index (χ0n) is 8.44. The molecule has 2 aromatic heterocycles. The lowest BCUT2D eigenvalue weighted by molar-refractivity contribution is 0.580. The van der Waals surface area contributed by atoms with Crippen molar-refractivity contribution in [2.24, 2.45) is 0 Å². The van der Waals surface area contributed by atoms with E-state index in [1.54, 1.807) is 18.4 Å². The lowest BCUT2D eigenvalue weighted by Gasteiger charge is -2.02. The van der Waals surface area contributed by atoms with Gasteiger partial charge in [-0.25, -0.2) is 0 Å². The van der Waals surface area contributed by atoms with Crippen molar-refractivity contribution < 1.29 is 4.42 Å². The van der Waals surface area contributed by atoms with Crippen molar-refractivity contribution in [2.45, 2.75) is 0 Å². The van der Waals surface area contributed by atoms with Crippen LogP contribution in [0.25, 0.3) is 22.2 Å². The van der Waals surface area contributed by atoms with E-state index in [1.807, 2.05) is 30.3 Å². The minimum atomic E-state index is -0.120.